The van der Waals surface area contributed by atoms with Gasteiger partial charge in [0.25, 0.3) is 0 Å². The molecule has 3 aromatic rings. The molecule has 0 heterocycles. The molecule has 0 aliphatic rings. The van der Waals surface area contributed by atoms with Gasteiger partial charge >= 0.3 is 11.9 Å². The van der Waals surface area contributed by atoms with Crippen LogP contribution in [0.2, 0.25) is 0 Å². The Hall–Kier alpha value is -3.60. The van der Waals surface area contributed by atoms with Gasteiger partial charge in [-0.05, 0) is 6.07 Å². The maximum Gasteiger partial charge on any atom is 0.335 e. The monoisotopic (exact) mass is 348 g/mol. The molecular formula is C21H16O5. The zero-order valence-corrected chi connectivity index (χ0v) is 14.2. The lowest BCUT2D eigenvalue weighted by Gasteiger charge is -2.17. The highest BCUT2D eigenvalue weighted by molar-refractivity contribution is 6.15. The molecule has 5 nitrogen and oxygen atoms in total. The van der Waals surface area contributed by atoms with Gasteiger partial charge in [-0.25, -0.2) is 9.59 Å². The summed E-state index contributed by atoms with van der Waals surface area (Å²) in [4.78, 5) is 23.8. The number of carbonyl (C=O) groups excluding carboxylic acids is 2. The Labute approximate surface area is 150 Å². The van der Waals surface area contributed by atoms with Gasteiger partial charge in [0.2, 0.25) is 0 Å². The summed E-state index contributed by atoms with van der Waals surface area (Å²) in [5.74, 6) is -0.0431. The molecule has 26 heavy (non-hydrogen) atoms. The van der Waals surface area contributed by atoms with Crippen molar-refractivity contribution < 1.29 is 23.8 Å². The van der Waals surface area contributed by atoms with E-state index in [1.165, 1.54) is 7.11 Å². The number of carbonyl (C=O) groups is 2. The van der Waals surface area contributed by atoms with Crippen LogP contribution in [0.15, 0.2) is 67.8 Å². The molecule has 0 aromatic heterocycles. The fraction of sp³-hybridized carbons (Fsp3) is 0.0476. The van der Waals surface area contributed by atoms with E-state index >= 15 is 0 Å². The van der Waals surface area contributed by atoms with Crippen LogP contribution in [0.25, 0.3) is 21.5 Å². The molecule has 0 aliphatic heterocycles. The number of benzene rings is 3. The summed E-state index contributed by atoms with van der Waals surface area (Å²) in [5, 5.41) is 2.32. The molecule has 3 aromatic carbocycles. The zero-order valence-electron chi connectivity index (χ0n) is 14.2. The molecule has 0 N–H and O–H groups in total. The van der Waals surface area contributed by atoms with E-state index in [1.54, 1.807) is 42.5 Å². The third-order valence-corrected chi connectivity index (χ3v) is 3.87. The van der Waals surface area contributed by atoms with E-state index in [4.69, 9.17) is 14.2 Å². The van der Waals surface area contributed by atoms with Gasteiger partial charge in [0.15, 0.2) is 5.75 Å². The largest absolute Gasteiger partial charge is 0.496 e. The second-order valence-electron chi connectivity index (χ2n) is 5.34. The van der Waals surface area contributed by atoms with Gasteiger partial charge in [0.05, 0.1) is 12.5 Å². The van der Waals surface area contributed by atoms with E-state index in [0.717, 1.165) is 12.2 Å². The van der Waals surface area contributed by atoms with Gasteiger partial charge in [-0.2, -0.15) is 0 Å². The highest BCUT2D eigenvalue weighted by atomic mass is 16.5. The summed E-state index contributed by atoms with van der Waals surface area (Å²) >= 11 is 0. The summed E-state index contributed by atoms with van der Waals surface area (Å²) in [7, 11) is 1.51. The van der Waals surface area contributed by atoms with Crippen molar-refractivity contribution in [1.82, 2.24) is 0 Å². The fourth-order valence-electron chi connectivity index (χ4n) is 2.78. The third kappa shape index (κ3) is 2.91. The van der Waals surface area contributed by atoms with Crippen molar-refractivity contribution in [1.29, 1.82) is 0 Å². The zero-order chi connectivity index (χ0) is 18.7. The quantitative estimate of drug-likeness (QED) is 0.299. The predicted octanol–water partition coefficient (Wildman–Crippen LogP) is 4.18. The second kappa shape index (κ2) is 7.11. The average molecular weight is 348 g/mol. The minimum atomic E-state index is -0.599. The Morgan fingerprint density at radius 2 is 1.35 bits per heavy atom. The van der Waals surface area contributed by atoms with E-state index < -0.39 is 11.9 Å². The first-order valence-electron chi connectivity index (χ1n) is 7.80. The highest BCUT2D eigenvalue weighted by Gasteiger charge is 2.21. The molecule has 0 radical (unpaired) electrons. The smallest absolute Gasteiger partial charge is 0.335 e. The Bertz CT molecular complexity index is 1050. The summed E-state index contributed by atoms with van der Waals surface area (Å²) in [5.41, 5.74) is 0. The number of ether oxygens (including phenoxy) is 3. The van der Waals surface area contributed by atoms with E-state index in [9.17, 15) is 9.59 Å². The molecule has 3 rings (SSSR count). The lowest BCUT2D eigenvalue weighted by atomic mass is 9.99. The minimum Gasteiger partial charge on any atom is -0.496 e. The van der Waals surface area contributed by atoms with E-state index in [1.807, 2.05) is 0 Å². The lowest BCUT2D eigenvalue weighted by molar-refractivity contribution is -0.129. The Morgan fingerprint density at radius 1 is 0.808 bits per heavy atom. The fourth-order valence-corrected chi connectivity index (χ4v) is 2.78. The van der Waals surface area contributed by atoms with Crippen molar-refractivity contribution in [3.63, 3.8) is 0 Å². The molecule has 130 valence electrons. The number of methoxy groups -OCH3 is 1. The first-order chi connectivity index (χ1) is 12.6. The molecule has 0 amide bonds. The normalized spacial score (nSPS) is 10.3. The molecule has 0 bridgehead atoms. The van der Waals surface area contributed by atoms with Crippen LogP contribution in [0.4, 0.5) is 0 Å². The molecule has 0 spiro atoms. The van der Waals surface area contributed by atoms with Crippen molar-refractivity contribution in [3.8, 4) is 17.2 Å². The molecule has 0 saturated carbocycles. The molecule has 5 heteroatoms. The molecule has 0 atom stereocenters. The predicted molar refractivity (Wildman–Crippen MR) is 99.7 cm³/mol. The van der Waals surface area contributed by atoms with Gasteiger partial charge in [-0.1, -0.05) is 49.6 Å². The average Bonchev–Trinajstić information content (AvgIpc) is 2.69. The standard InChI is InChI=1S/C21H16O5/c1-4-17(22)25-20-13-9-6-7-10-14(13)21(26-18(23)5-2)19-15(20)11-8-12-16(19)24-3/h4-12H,1-2H2,3H3. The van der Waals surface area contributed by atoms with Gasteiger partial charge < -0.3 is 14.2 Å². The summed E-state index contributed by atoms with van der Waals surface area (Å²) in [6, 6.07) is 12.4. The number of rotatable bonds is 5. The van der Waals surface area contributed by atoms with Crippen LogP contribution in [0, 0.1) is 0 Å². The van der Waals surface area contributed by atoms with Crippen LogP contribution in [-0.4, -0.2) is 19.0 Å². The van der Waals surface area contributed by atoms with Crippen LogP contribution in [0.5, 0.6) is 17.2 Å². The van der Waals surface area contributed by atoms with Crippen molar-refractivity contribution >= 4 is 33.5 Å². The van der Waals surface area contributed by atoms with Crippen LogP contribution in [0.1, 0.15) is 0 Å². The van der Waals surface area contributed by atoms with Crippen molar-refractivity contribution in [2.75, 3.05) is 7.11 Å². The van der Waals surface area contributed by atoms with Crippen molar-refractivity contribution in [2.24, 2.45) is 0 Å². The van der Waals surface area contributed by atoms with Gasteiger partial charge in [-0.15, -0.1) is 0 Å². The van der Waals surface area contributed by atoms with Crippen LogP contribution in [-0.2, 0) is 9.59 Å². The summed E-state index contributed by atoms with van der Waals surface area (Å²) in [6.45, 7) is 6.88. The van der Waals surface area contributed by atoms with Gasteiger partial charge in [-0.3, -0.25) is 0 Å². The first-order valence-corrected chi connectivity index (χ1v) is 7.80. The second-order valence-corrected chi connectivity index (χ2v) is 5.34. The van der Waals surface area contributed by atoms with Crippen molar-refractivity contribution in [3.05, 3.63) is 67.8 Å². The van der Waals surface area contributed by atoms with Crippen molar-refractivity contribution in [2.45, 2.75) is 0 Å². The summed E-state index contributed by atoms with van der Waals surface area (Å²) in [6.07, 6.45) is 2.17. The third-order valence-electron chi connectivity index (χ3n) is 3.87. The number of hydrogen-bond donors (Lipinski definition) is 0. The molecule has 0 aliphatic carbocycles. The Kier molecular flexibility index (Phi) is 4.71. The molecule has 0 fully saturated rings. The Morgan fingerprint density at radius 3 is 1.92 bits per heavy atom. The van der Waals surface area contributed by atoms with Gasteiger partial charge in [0, 0.05) is 28.3 Å². The van der Waals surface area contributed by atoms with Crippen LogP contribution < -0.4 is 14.2 Å². The van der Waals surface area contributed by atoms with E-state index in [2.05, 4.69) is 13.2 Å². The number of hydrogen-bond acceptors (Lipinski definition) is 5. The summed E-state index contributed by atoms with van der Waals surface area (Å²) < 4.78 is 16.5. The van der Waals surface area contributed by atoms with Gasteiger partial charge in [0.1, 0.15) is 11.5 Å². The minimum absolute atomic E-state index is 0.316. The Balaban J connectivity index is 2.49. The SMILES string of the molecule is C=CC(=O)Oc1c2ccccc2c(OC(=O)C=C)c2c(OC)cccc12. The molecule has 0 unspecified atom stereocenters. The number of fused-ring (bicyclic) bond motifs is 2. The van der Waals surface area contributed by atoms with Crippen LogP contribution >= 0.6 is 0 Å². The van der Waals surface area contributed by atoms with Crippen LogP contribution in [0.3, 0.4) is 0 Å². The maximum atomic E-state index is 11.9. The molecule has 0 saturated heterocycles. The first kappa shape index (κ1) is 17.2. The topological polar surface area (TPSA) is 61.8 Å². The molecular weight excluding hydrogens is 332 g/mol. The maximum absolute atomic E-state index is 11.9. The van der Waals surface area contributed by atoms with E-state index in [-0.39, 0.29) is 0 Å². The number of esters is 2. The highest BCUT2D eigenvalue weighted by Crippen LogP contribution is 2.46. The van der Waals surface area contributed by atoms with E-state index in [0.29, 0.717) is 38.8 Å². The lowest BCUT2D eigenvalue weighted by Crippen LogP contribution is -2.07.